The van der Waals surface area contributed by atoms with Crippen LogP contribution in [0.2, 0.25) is 0 Å². The molecule has 0 aliphatic carbocycles. The number of amides is 1. The van der Waals surface area contributed by atoms with Gasteiger partial charge in [0.05, 0.1) is 0 Å². The van der Waals surface area contributed by atoms with Crippen LogP contribution in [0, 0.1) is 0 Å². The molecule has 1 N–H and O–H groups in total. The number of ketones is 1. The molecule has 6 nitrogen and oxygen atoms in total. The van der Waals surface area contributed by atoms with Crippen LogP contribution in [0.25, 0.3) is 0 Å². The van der Waals surface area contributed by atoms with Gasteiger partial charge in [-0.1, -0.05) is 119 Å². The molecule has 0 aromatic heterocycles. The van der Waals surface area contributed by atoms with Crippen LogP contribution in [0.4, 0.5) is 4.79 Å². The Morgan fingerprint density at radius 1 is 0.872 bits per heavy atom. The number of oxime groups is 1. The van der Waals surface area contributed by atoms with Crippen molar-refractivity contribution >= 4 is 17.6 Å². The second-order valence-electron chi connectivity index (χ2n) is 10.9. The van der Waals surface area contributed by atoms with Crippen molar-refractivity contribution in [2.24, 2.45) is 5.16 Å². The number of hydrogen-bond donors (Lipinski definition) is 1. The third kappa shape index (κ3) is 13.6. The smallest absolute Gasteiger partial charge is 0.433 e. The SMILES string of the molecule is CCCCCCCCC=CCCCCCCCCCNC(=O)ON=C(C1=CC(=O)C(C)(C)O1)c1ccccc1. The minimum Gasteiger partial charge on any atom is -0.477 e. The number of hydrogen-bond acceptors (Lipinski definition) is 5. The van der Waals surface area contributed by atoms with E-state index in [0.717, 1.165) is 12.8 Å². The molecule has 39 heavy (non-hydrogen) atoms. The average Bonchev–Trinajstić information content (AvgIpc) is 3.20. The van der Waals surface area contributed by atoms with Crippen LogP contribution in [-0.4, -0.2) is 29.7 Å². The van der Waals surface area contributed by atoms with Gasteiger partial charge >= 0.3 is 6.09 Å². The molecule has 0 fully saturated rings. The Morgan fingerprint density at radius 3 is 2.00 bits per heavy atom. The molecule has 1 aliphatic heterocycles. The largest absolute Gasteiger partial charge is 0.477 e. The van der Waals surface area contributed by atoms with E-state index in [-0.39, 0.29) is 5.78 Å². The first-order chi connectivity index (χ1) is 18.9. The van der Waals surface area contributed by atoms with E-state index in [2.05, 4.69) is 29.5 Å². The summed E-state index contributed by atoms with van der Waals surface area (Å²) in [5.41, 5.74) is 0.0566. The number of carbonyl (C=O) groups is 2. The molecule has 0 saturated heterocycles. The summed E-state index contributed by atoms with van der Waals surface area (Å²) in [4.78, 5) is 29.5. The number of carbonyl (C=O) groups excluding carboxylic acids is 2. The third-order valence-electron chi connectivity index (χ3n) is 6.93. The summed E-state index contributed by atoms with van der Waals surface area (Å²) >= 11 is 0. The lowest BCUT2D eigenvalue weighted by atomic mass is 10.1. The molecule has 6 heteroatoms. The Morgan fingerprint density at radius 2 is 1.44 bits per heavy atom. The summed E-state index contributed by atoms with van der Waals surface area (Å²) in [5.74, 6) is 0.148. The number of allylic oxidation sites excluding steroid dienone is 3. The highest BCUT2D eigenvalue weighted by Crippen LogP contribution is 2.27. The Bertz CT molecular complexity index is 934. The zero-order chi connectivity index (χ0) is 28.2. The monoisotopic (exact) mass is 538 g/mol. The van der Waals surface area contributed by atoms with Crippen LogP contribution in [0.3, 0.4) is 0 Å². The van der Waals surface area contributed by atoms with Crippen molar-refractivity contribution in [3.8, 4) is 0 Å². The highest BCUT2D eigenvalue weighted by Gasteiger charge is 2.37. The van der Waals surface area contributed by atoms with Crippen LogP contribution in [-0.2, 0) is 14.4 Å². The van der Waals surface area contributed by atoms with Crippen molar-refractivity contribution < 1.29 is 19.2 Å². The van der Waals surface area contributed by atoms with Crippen molar-refractivity contribution in [3.63, 3.8) is 0 Å². The van der Waals surface area contributed by atoms with E-state index in [1.165, 1.54) is 89.5 Å². The molecule has 1 aromatic carbocycles. The van der Waals surface area contributed by atoms with Gasteiger partial charge in [-0.25, -0.2) is 4.79 Å². The van der Waals surface area contributed by atoms with E-state index in [1.807, 2.05) is 30.3 Å². The van der Waals surface area contributed by atoms with Gasteiger partial charge in [-0.3, -0.25) is 9.63 Å². The first-order valence-electron chi connectivity index (χ1n) is 15.1. The maximum Gasteiger partial charge on any atom is 0.433 e. The summed E-state index contributed by atoms with van der Waals surface area (Å²) in [7, 11) is 0. The normalized spacial score (nSPS) is 14.9. The van der Waals surface area contributed by atoms with Crippen LogP contribution in [0.5, 0.6) is 0 Å². The van der Waals surface area contributed by atoms with Gasteiger partial charge in [-0.2, -0.15) is 0 Å². The van der Waals surface area contributed by atoms with Crippen molar-refractivity contribution in [3.05, 3.63) is 59.9 Å². The molecule has 0 radical (unpaired) electrons. The molecule has 0 unspecified atom stereocenters. The zero-order valence-corrected chi connectivity index (χ0v) is 24.5. The lowest BCUT2D eigenvalue weighted by molar-refractivity contribution is -0.126. The summed E-state index contributed by atoms with van der Waals surface area (Å²) < 4.78 is 5.78. The molecule has 1 amide bonds. The van der Waals surface area contributed by atoms with E-state index >= 15 is 0 Å². The molecule has 0 saturated carbocycles. The van der Waals surface area contributed by atoms with Crippen LogP contribution < -0.4 is 5.32 Å². The molecule has 1 aromatic rings. The fourth-order valence-electron chi connectivity index (χ4n) is 4.46. The number of nitrogens with one attached hydrogen (secondary N) is 1. The van der Waals surface area contributed by atoms with Crippen LogP contribution in [0.15, 0.2) is 59.5 Å². The Balaban J connectivity index is 1.52. The average molecular weight is 539 g/mol. The maximum absolute atomic E-state index is 12.2. The molecule has 0 spiro atoms. The Labute approximate surface area is 236 Å². The van der Waals surface area contributed by atoms with Gasteiger partial charge in [0, 0.05) is 18.2 Å². The molecule has 1 aliphatic rings. The lowest BCUT2D eigenvalue weighted by Crippen LogP contribution is -2.28. The fourth-order valence-corrected chi connectivity index (χ4v) is 4.46. The standard InChI is InChI=1S/C33H50N2O4/c1-4-5-6-7-8-9-10-11-12-13-14-15-16-17-18-19-23-26-34-32(37)39-35-31(28-24-21-20-22-25-28)29-27-30(36)33(2,3)38-29/h11-12,20-22,24-25,27H,4-10,13-19,23,26H2,1-3H3,(H,34,37). The number of nitrogens with zero attached hydrogens (tertiary/aromatic N) is 1. The first-order valence-corrected chi connectivity index (χ1v) is 15.1. The van der Waals surface area contributed by atoms with Gasteiger partial charge in [0.15, 0.2) is 17.1 Å². The lowest BCUT2D eigenvalue weighted by Gasteiger charge is -2.18. The second kappa shape index (κ2) is 19.2. The zero-order valence-electron chi connectivity index (χ0n) is 24.5. The highest BCUT2D eigenvalue weighted by atomic mass is 16.7. The quantitative estimate of drug-likeness (QED) is 0.0591. The van der Waals surface area contributed by atoms with Crippen molar-refractivity contribution in [1.82, 2.24) is 5.32 Å². The minimum atomic E-state index is -0.961. The predicted molar refractivity (Wildman–Crippen MR) is 160 cm³/mol. The minimum absolute atomic E-state index is 0.152. The van der Waals surface area contributed by atoms with Gasteiger partial charge in [0.25, 0.3) is 0 Å². The number of benzene rings is 1. The Kier molecular flexibility index (Phi) is 15.9. The van der Waals surface area contributed by atoms with E-state index in [4.69, 9.17) is 9.57 Å². The highest BCUT2D eigenvalue weighted by molar-refractivity contribution is 6.16. The number of rotatable bonds is 20. The topological polar surface area (TPSA) is 77.0 Å². The fraction of sp³-hybridized carbons (Fsp3) is 0.606. The summed E-state index contributed by atoms with van der Waals surface area (Å²) in [6, 6.07) is 9.23. The molecule has 2 rings (SSSR count). The van der Waals surface area contributed by atoms with Crippen molar-refractivity contribution in [2.75, 3.05) is 6.54 Å². The van der Waals surface area contributed by atoms with Gasteiger partial charge in [-0.15, -0.1) is 0 Å². The van der Waals surface area contributed by atoms with Gasteiger partial charge in [-0.05, 0) is 46.0 Å². The van der Waals surface area contributed by atoms with E-state index < -0.39 is 11.7 Å². The summed E-state index contributed by atoms with van der Waals surface area (Å²) in [6.45, 7) is 6.21. The van der Waals surface area contributed by atoms with Gasteiger partial charge in [0.2, 0.25) is 5.78 Å². The van der Waals surface area contributed by atoms with Gasteiger partial charge < -0.3 is 10.1 Å². The van der Waals surface area contributed by atoms with Crippen LogP contribution in [0.1, 0.15) is 123 Å². The van der Waals surface area contributed by atoms with Crippen molar-refractivity contribution in [1.29, 1.82) is 0 Å². The van der Waals surface area contributed by atoms with E-state index in [9.17, 15) is 9.59 Å². The number of unbranched alkanes of at least 4 members (excludes halogenated alkanes) is 13. The summed E-state index contributed by atoms with van der Waals surface area (Å²) in [6.07, 6.45) is 24.4. The van der Waals surface area contributed by atoms with Gasteiger partial charge in [0.1, 0.15) is 0 Å². The predicted octanol–water partition coefficient (Wildman–Crippen LogP) is 8.81. The third-order valence-corrected chi connectivity index (χ3v) is 6.93. The van der Waals surface area contributed by atoms with E-state index in [0.29, 0.717) is 23.6 Å². The van der Waals surface area contributed by atoms with Crippen LogP contribution >= 0.6 is 0 Å². The Hall–Kier alpha value is -2.89. The van der Waals surface area contributed by atoms with E-state index in [1.54, 1.807) is 13.8 Å². The second-order valence-corrected chi connectivity index (χ2v) is 10.9. The first kappa shape index (κ1) is 32.3. The summed E-state index contributed by atoms with van der Waals surface area (Å²) in [5, 5.41) is 6.78. The molecule has 1 heterocycles. The number of ether oxygens (including phenoxy) is 1. The molecule has 0 atom stereocenters. The molecule has 216 valence electrons. The molecular weight excluding hydrogens is 488 g/mol. The molecular formula is C33H50N2O4. The maximum atomic E-state index is 12.2. The molecule has 0 bridgehead atoms. The van der Waals surface area contributed by atoms with Crippen molar-refractivity contribution in [2.45, 2.75) is 123 Å².